The molecule has 1 aromatic heterocycles. The number of hydrogen-bond acceptors (Lipinski definition) is 5. The first-order chi connectivity index (χ1) is 12.6. The Kier molecular flexibility index (Phi) is 5.40. The minimum Gasteiger partial charge on any atom is -0.369 e. The molecule has 0 bridgehead atoms. The van der Waals surface area contributed by atoms with Crippen LogP contribution in [0.1, 0.15) is 11.1 Å². The second kappa shape index (κ2) is 7.31. The molecule has 0 spiro atoms. The Morgan fingerprint density at radius 3 is 2.30 bits per heavy atom. The van der Waals surface area contributed by atoms with Crippen molar-refractivity contribution in [2.45, 2.75) is 10.4 Å². The number of anilines is 1. The molecule has 0 N–H and O–H groups in total. The molecule has 27 heavy (non-hydrogen) atoms. The number of nitrogens with zero attached hydrogens (tertiary/aromatic N) is 3. The number of benzene rings is 1. The van der Waals surface area contributed by atoms with Crippen molar-refractivity contribution in [3.8, 4) is 6.07 Å². The fraction of sp³-hybridized carbons (Fsp3) is 0.312. The predicted molar refractivity (Wildman–Crippen MR) is 96.5 cm³/mol. The zero-order chi connectivity index (χ0) is 19.8. The maximum absolute atomic E-state index is 13.1. The second-order valence-corrected chi connectivity index (χ2v) is 9.67. The van der Waals surface area contributed by atoms with Crippen LogP contribution in [0.15, 0.2) is 34.5 Å². The molecule has 1 saturated heterocycles. The van der Waals surface area contributed by atoms with Gasteiger partial charge in [-0.2, -0.15) is 22.7 Å². The average Bonchev–Trinajstić information content (AvgIpc) is 3.08. The summed E-state index contributed by atoms with van der Waals surface area (Å²) in [7, 11) is -3.67. The smallest absolute Gasteiger partial charge is 0.369 e. The van der Waals surface area contributed by atoms with Crippen LogP contribution in [0.5, 0.6) is 0 Å². The number of sulfonamides is 1. The van der Waals surface area contributed by atoms with Crippen molar-refractivity contribution in [3.63, 3.8) is 0 Å². The quantitative estimate of drug-likeness (QED) is 0.735. The van der Waals surface area contributed by atoms with Crippen LogP contribution in [-0.2, 0) is 16.2 Å². The third-order valence-corrected chi connectivity index (χ3v) is 7.77. The van der Waals surface area contributed by atoms with Gasteiger partial charge in [-0.3, -0.25) is 0 Å². The van der Waals surface area contributed by atoms with Crippen LogP contribution < -0.4 is 4.90 Å². The minimum absolute atomic E-state index is 0.138. The van der Waals surface area contributed by atoms with E-state index in [9.17, 15) is 21.6 Å². The molecule has 144 valence electrons. The van der Waals surface area contributed by atoms with Crippen LogP contribution in [-0.4, -0.2) is 38.9 Å². The molecule has 1 fully saturated rings. The normalized spacial score (nSPS) is 16.3. The van der Waals surface area contributed by atoms with Crippen molar-refractivity contribution < 1.29 is 21.6 Å². The van der Waals surface area contributed by atoms with Crippen LogP contribution in [0.2, 0.25) is 4.34 Å². The number of rotatable bonds is 3. The first kappa shape index (κ1) is 19.9. The van der Waals surface area contributed by atoms with Gasteiger partial charge in [-0.15, -0.1) is 11.3 Å². The van der Waals surface area contributed by atoms with Gasteiger partial charge in [-0.25, -0.2) is 8.42 Å². The fourth-order valence-electron chi connectivity index (χ4n) is 2.81. The summed E-state index contributed by atoms with van der Waals surface area (Å²) < 4.78 is 66.3. The molecule has 2 heterocycles. The van der Waals surface area contributed by atoms with E-state index in [1.165, 1.54) is 22.5 Å². The number of alkyl halides is 3. The molecule has 0 saturated carbocycles. The van der Waals surface area contributed by atoms with Crippen molar-refractivity contribution >= 4 is 38.6 Å². The SMILES string of the molecule is N#Cc1ccc(N2CCN(S(=O)(=O)c3ccc(Cl)s3)CC2)cc1C(F)(F)F. The van der Waals surface area contributed by atoms with Gasteiger partial charge in [0.15, 0.2) is 0 Å². The summed E-state index contributed by atoms with van der Waals surface area (Å²) in [5.41, 5.74) is -1.13. The van der Waals surface area contributed by atoms with Gasteiger partial charge in [0.25, 0.3) is 10.0 Å². The Balaban J connectivity index is 1.77. The molecule has 5 nitrogen and oxygen atoms in total. The summed E-state index contributed by atoms with van der Waals surface area (Å²) in [5, 5.41) is 8.87. The summed E-state index contributed by atoms with van der Waals surface area (Å²) in [5.74, 6) is 0. The predicted octanol–water partition coefficient (Wildman–Crippen LogP) is 3.80. The first-order valence-electron chi connectivity index (χ1n) is 7.75. The maximum Gasteiger partial charge on any atom is 0.417 e. The molecule has 0 atom stereocenters. The monoisotopic (exact) mass is 435 g/mol. The molecule has 1 aliphatic heterocycles. The van der Waals surface area contributed by atoms with Crippen LogP contribution in [0.25, 0.3) is 0 Å². The highest BCUT2D eigenvalue weighted by molar-refractivity contribution is 7.91. The summed E-state index contributed by atoms with van der Waals surface area (Å²) in [6.45, 7) is 0.751. The highest BCUT2D eigenvalue weighted by Gasteiger charge is 2.35. The zero-order valence-electron chi connectivity index (χ0n) is 13.7. The highest BCUT2D eigenvalue weighted by Crippen LogP contribution is 2.35. The second-order valence-electron chi connectivity index (χ2n) is 5.79. The molecular formula is C16H13ClF3N3O2S2. The fourth-order valence-corrected chi connectivity index (χ4v) is 5.87. The minimum atomic E-state index is -4.63. The lowest BCUT2D eigenvalue weighted by Crippen LogP contribution is -2.48. The van der Waals surface area contributed by atoms with E-state index in [1.54, 1.807) is 11.0 Å². The van der Waals surface area contributed by atoms with E-state index < -0.39 is 27.3 Å². The topological polar surface area (TPSA) is 64.4 Å². The van der Waals surface area contributed by atoms with E-state index in [0.29, 0.717) is 10.0 Å². The summed E-state index contributed by atoms with van der Waals surface area (Å²) >= 11 is 6.76. The lowest BCUT2D eigenvalue weighted by Gasteiger charge is -2.35. The van der Waals surface area contributed by atoms with Gasteiger partial charge in [-0.1, -0.05) is 11.6 Å². The molecule has 1 aromatic carbocycles. The number of hydrogen-bond donors (Lipinski definition) is 0. The largest absolute Gasteiger partial charge is 0.417 e. The third kappa shape index (κ3) is 4.06. The maximum atomic E-state index is 13.1. The Hall–Kier alpha value is -1.80. The summed E-state index contributed by atoms with van der Waals surface area (Å²) in [6.07, 6.45) is -4.63. The number of halogens is 4. The van der Waals surface area contributed by atoms with E-state index in [2.05, 4.69) is 0 Å². The lowest BCUT2D eigenvalue weighted by molar-refractivity contribution is -0.137. The molecule has 0 radical (unpaired) electrons. The van der Waals surface area contributed by atoms with Gasteiger partial charge in [0.1, 0.15) is 4.21 Å². The standard InChI is InChI=1S/C16H13ClF3N3O2S2/c17-14-3-4-15(26-14)27(24,25)23-7-5-22(6-8-23)12-2-1-11(10-21)13(9-12)16(18,19)20/h1-4,9H,5-8H2. The van der Waals surface area contributed by atoms with E-state index in [1.807, 2.05) is 0 Å². The van der Waals surface area contributed by atoms with Crippen molar-refractivity contribution in [1.29, 1.82) is 5.26 Å². The van der Waals surface area contributed by atoms with E-state index in [0.717, 1.165) is 23.5 Å². The molecule has 0 unspecified atom stereocenters. The van der Waals surface area contributed by atoms with Crippen molar-refractivity contribution in [2.75, 3.05) is 31.1 Å². The van der Waals surface area contributed by atoms with E-state index in [-0.39, 0.29) is 30.4 Å². The van der Waals surface area contributed by atoms with Gasteiger partial charge in [0, 0.05) is 31.9 Å². The molecule has 0 aliphatic carbocycles. The summed E-state index contributed by atoms with van der Waals surface area (Å²) in [6, 6.07) is 7.99. The first-order valence-corrected chi connectivity index (χ1v) is 10.4. The van der Waals surface area contributed by atoms with E-state index in [4.69, 9.17) is 16.9 Å². The van der Waals surface area contributed by atoms with Gasteiger partial charge in [-0.05, 0) is 30.3 Å². The van der Waals surface area contributed by atoms with Gasteiger partial charge < -0.3 is 4.90 Å². The number of thiophene rings is 1. The van der Waals surface area contributed by atoms with Gasteiger partial charge in [0.05, 0.1) is 21.5 Å². The lowest BCUT2D eigenvalue weighted by atomic mass is 10.1. The zero-order valence-corrected chi connectivity index (χ0v) is 16.1. The van der Waals surface area contributed by atoms with Crippen LogP contribution in [0.4, 0.5) is 18.9 Å². The third-order valence-electron chi connectivity index (χ3n) is 4.18. The Bertz CT molecular complexity index is 991. The van der Waals surface area contributed by atoms with Crippen LogP contribution >= 0.6 is 22.9 Å². The molecule has 11 heteroatoms. The van der Waals surface area contributed by atoms with Crippen molar-refractivity contribution in [1.82, 2.24) is 4.31 Å². The summed E-state index contributed by atoms with van der Waals surface area (Å²) in [4.78, 5) is 1.67. The molecular weight excluding hydrogens is 423 g/mol. The van der Waals surface area contributed by atoms with Gasteiger partial charge >= 0.3 is 6.18 Å². The highest BCUT2D eigenvalue weighted by atomic mass is 35.5. The number of piperazine rings is 1. The molecule has 0 amide bonds. The van der Waals surface area contributed by atoms with Crippen molar-refractivity contribution in [2.24, 2.45) is 0 Å². The number of nitriles is 1. The Morgan fingerprint density at radius 1 is 1.11 bits per heavy atom. The molecule has 3 rings (SSSR count). The average molecular weight is 436 g/mol. The van der Waals surface area contributed by atoms with Crippen LogP contribution in [0.3, 0.4) is 0 Å². The Labute approximate surface area is 163 Å². The van der Waals surface area contributed by atoms with Crippen molar-refractivity contribution in [3.05, 3.63) is 45.8 Å². The molecule has 2 aromatic rings. The van der Waals surface area contributed by atoms with E-state index >= 15 is 0 Å². The Morgan fingerprint density at radius 2 is 1.78 bits per heavy atom. The molecule has 1 aliphatic rings. The van der Waals surface area contributed by atoms with Gasteiger partial charge in [0.2, 0.25) is 0 Å². The van der Waals surface area contributed by atoms with Crippen LogP contribution in [0, 0.1) is 11.3 Å².